The molecule has 1 rings (SSSR count). The van der Waals surface area contributed by atoms with Gasteiger partial charge < -0.3 is 15.5 Å². The van der Waals surface area contributed by atoms with E-state index in [1.807, 2.05) is 6.92 Å². The Morgan fingerprint density at radius 3 is 2.44 bits per heavy atom. The molecule has 3 nitrogen and oxygen atoms in total. The van der Waals surface area contributed by atoms with Gasteiger partial charge in [-0.3, -0.25) is 0 Å². The Bertz CT molecular complexity index is 302. The Morgan fingerprint density at radius 1 is 1.31 bits per heavy atom. The summed E-state index contributed by atoms with van der Waals surface area (Å²) in [7, 11) is 0. The number of hydrogen-bond acceptors (Lipinski definition) is 3. The third kappa shape index (κ3) is 3.89. The minimum absolute atomic E-state index is 0.0711. The van der Waals surface area contributed by atoms with Gasteiger partial charge in [0.25, 0.3) is 0 Å². The van der Waals surface area contributed by atoms with Gasteiger partial charge in [-0.1, -0.05) is 19.1 Å². The monoisotopic (exact) mass is 227 g/mol. The summed E-state index contributed by atoms with van der Waals surface area (Å²) in [4.78, 5) is 0. The molecule has 0 aliphatic heterocycles. The van der Waals surface area contributed by atoms with Gasteiger partial charge in [-0.2, -0.15) is 0 Å². The molecule has 0 aliphatic rings. The minimum Gasteiger partial charge on any atom is -0.394 e. The maximum Gasteiger partial charge on any atom is 0.123 e. The molecular formula is C12H18FNO2. The third-order valence-corrected chi connectivity index (χ3v) is 2.49. The second-order valence-electron chi connectivity index (χ2n) is 3.76. The van der Waals surface area contributed by atoms with Crippen LogP contribution >= 0.6 is 0 Å². The maximum absolute atomic E-state index is 12.7. The van der Waals surface area contributed by atoms with Gasteiger partial charge in [-0.15, -0.1) is 0 Å². The van der Waals surface area contributed by atoms with E-state index in [0.717, 1.165) is 12.0 Å². The van der Waals surface area contributed by atoms with Gasteiger partial charge in [-0.05, 0) is 24.1 Å². The van der Waals surface area contributed by atoms with Crippen LogP contribution in [0.2, 0.25) is 0 Å². The van der Waals surface area contributed by atoms with Crippen LogP contribution in [-0.2, 0) is 0 Å². The van der Waals surface area contributed by atoms with Crippen LogP contribution < -0.4 is 5.32 Å². The van der Waals surface area contributed by atoms with E-state index in [1.54, 1.807) is 12.1 Å². The first-order chi connectivity index (χ1) is 7.67. The van der Waals surface area contributed by atoms with Gasteiger partial charge in [-0.25, -0.2) is 4.39 Å². The van der Waals surface area contributed by atoms with E-state index in [9.17, 15) is 9.50 Å². The standard InChI is InChI=1S/C12H18FNO2/c1-2-12(14-7-11(16)8-15)9-3-5-10(13)6-4-9/h3-6,11-12,14-16H,2,7-8H2,1H3. The Labute approximate surface area is 94.9 Å². The van der Waals surface area contributed by atoms with Crippen molar-refractivity contribution in [2.24, 2.45) is 0 Å². The van der Waals surface area contributed by atoms with Gasteiger partial charge in [0.2, 0.25) is 0 Å². The highest BCUT2D eigenvalue weighted by Gasteiger charge is 2.10. The summed E-state index contributed by atoms with van der Waals surface area (Å²) in [5.74, 6) is -0.256. The predicted molar refractivity (Wildman–Crippen MR) is 60.5 cm³/mol. The van der Waals surface area contributed by atoms with Crippen LogP contribution in [0.15, 0.2) is 24.3 Å². The molecule has 1 aromatic rings. The highest BCUT2D eigenvalue weighted by molar-refractivity contribution is 5.19. The van der Waals surface area contributed by atoms with E-state index in [-0.39, 0.29) is 18.5 Å². The summed E-state index contributed by atoms with van der Waals surface area (Å²) in [5.41, 5.74) is 0.981. The molecule has 90 valence electrons. The first-order valence-electron chi connectivity index (χ1n) is 5.45. The van der Waals surface area contributed by atoms with Gasteiger partial charge >= 0.3 is 0 Å². The van der Waals surface area contributed by atoms with Crippen molar-refractivity contribution in [3.8, 4) is 0 Å². The number of aliphatic hydroxyl groups excluding tert-OH is 2. The van der Waals surface area contributed by atoms with Gasteiger partial charge in [0.1, 0.15) is 5.82 Å². The van der Waals surface area contributed by atoms with Crippen molar-refractivity contribution in [2.75, 3.05) is 13.2 Å². The molecule has 0 saturated heterocycles. The molecular weight excluding hydrogens is 209 g/mol. The van der Waals surface area contributed by atoms with Crippen molar-refractivity contribution in [1.29, 1.82) is 0 Å². The predicted octanol–water partition coefficient (Wildman–Crippen LogP) is 1.22. The summed E-state index contributed by atoms with van der Waals surface area (Å²) < 4.78 is 12.7. The molecule has 3 N–H and O–H groups in total. The maximum atomic E-state index is 12.7. The number of rotatable bonds is 6. The SMILES string of the molecule is CCC(NCC(O)CO)c1ccc(F)cc1. The summed E-state index contributed by atoms with van der Waals surface area (Å²) in [5, 5.41) is 21.0. The van der Waals surface area contributed by atoms with Crippen molar-refractivity contribution in [3.63, 3.8) is 0 Å². The number of nitrogens with one attached hydrogen (secondary N) is 1. The van der Waals surface area contributed by atoms with Crippen LogP contribution in [0.3, 0.4) is 0 Å². The summed E-state index contributed by atoms with van der Waals surface area (Å²) in [6, 6.07) is 6.36. The number of benzene rings is 1. The highest BCUT2D eigenvalue weighted by atomic mass is 19.1. The molecule has 0 fully saturated rings. The molecule has 0 aromatic heterocycles. The molecule has 2 unspecified atom stereocenters. The topological polar surface area (TPSA) is 52.5 Å². The lowest BCUT2D eigenvalue weighted by Crippen LogP contribution is -2.32. The van der Waals surface area contributed by atoms with Crippen molar-refractivity contribution >= 4 is 0 Å². The molecule has 0 spiro atoms. The van der Waals surface area contributed by atoms with Gasteiger partial charge in [0.05, 0.1) is 12.7 Å². The Kier molecular flexibility index (Phi) is 5.38. The highest BCUT2D eigenvalue weighted by Crippen LogP contribution is 2.16. The molecule has 0 saturated carbocycles. The fourth-order valence-electron chi connectivity index (χ4n) is 1.54. The Morgan fingerprint density at radius 2 is 1.94 bits per heavy atom. The van der Waals surface area contributed by atoms with E-state index < -0.39 is 6.10 Å². The molecule has 0 bridgehead atoms. The first-order valence-corrected chi connectivity index (χ1v) is 5.45. The van der Waals surface area contributed by atoms with Gasteiger partial charge in [0.15, 0.2) is 0 Å². The molecule has 1 aromatic carbocycles. The van der Waals surface area contributed by atoms with E-state index in [0.29, 0.717) is 6.54 Å². The second kappa shape index (κ2) is 6.58. The average Bonchev–Trinajstić information content (AvgIpc) is 2.31. The zero-order valence-corrected chi connectivity index (χ0v) is 9.36. The fourth-order valence-corrected chi connectivity index (χ4v) is 1.54. The fraction of sp³-hybridized carbons (Fsp3) is 0.500. The van der Waals surface area contributed by atoms with E-state index in [2.05, 4.69) is 5.32 Å². The summed E-state index contributed by atoms with van der Waals surface area (Å²) in [6.45, 7) is 2.07. The van der Waals surface area contributed by atoms with Crippen molar-refractivity contribution < 1.29 is 14.6 Å². The van der Waals surface area contributed by atoms with Crippen molar-refractivity contribution in [2.45, 2.75) is 25.5 Å². The average molecular weight is 227 g/mol. The van der Waals surface area contributed by atoms with Crippen LogP contribution in [0.5, 0.6) is 0 Å². The van der Waals surface area contributed by atoms with Gasteiger partial charge in [0, 0.05) is 12.6 Å². The molecule has 0 aliphatic carbocycles. The number of hydrogen-bond donors (Lipinski definition) is 3. The van der Waals surface area contributed by atoms with Crippen LogP contribution in [0.4, 0.5) is 4.39 Å². The number of halogens is 1. The van der Waals surface area contributed by atoms with E-state index in [1.165, 1.54) is 12.1 Å². The lowest BCUT2D eigenvalue weighted by molar-refractivity contribution is 0.0917. The number of aliphatic hydroxyl groups is 2. The quantitative estimate of drug-likeness (QED) is 0.685. The van der Waals surface area contributed by atoms with Crippen LogP contribution in [0.1, 0.15) is 24.9 Å². The third-order valence-electron chi connectivity index (χ3n) is 2.49. The lowest BCUT2D eigenvalue weighted by atomic mass is 10.0. The Hall–Kier alpha value is -0.970. The smallest absolute Gasteiger partial charge is 0.123 e. The first kappa shape index (κ1) is 13.1. The minimum atomic E-state index is -0.755. The summed E-state index contributed by atoms with van der Waals surface area (Å²) in [6.07, 6.45) is 0.0820. The molecule has 0 heterocycles. The molecule has 16 heavy (non-hydrogen) atoms. The van der Waals surface area contributed by atoms with Crippen molar-refractivity contribution in [3.05, 3.63) is 35.6 Å². The lowest BCUT2D eigenvalue weighted by Gasteiger charge is -2.19. The largest absolute Gasteiger partial charge is 0.394 e. The zero-order chi connectivity index (χ0) is 12.0. The second-order valence-corrected chi connectivity index (χ2v) is 3.76. The van der Waals surface area contributed by atoms with E-state index >= 15 is 0 Å². The molecule has 0 amide bonds. The van der Waals surface area contributed by atoms with Crippen LogP contribution in [-0.4, -0.2) is 29.5 Å². The normalized spacial score (nSPS) is 14.8. The zero-order valence-electron chi connectivity index (χ0n) is 9.36. The molecule has 0 radical (unpaired) electrons. The van der Waals surface area contributed by atoms with Crippen LogP contribution in [0, 0.1) is 5.82 Å². The Balaban J connectivity index is 2.57. The van der Waals surface area contributed by atoms with Crippen molar-refractivity contribution in [1.82, 2.24) is 5.32 Å². The van der Waals surface area contributed by atoms with Crippen LogP contribution in [0.25, 0.3) is 0 Å². The molecule has 4 heteroatoms. The van der Waals surface area contributed by atoms with E-state index in [4.69, 9.17) is 5.11 Å². The molecule has 2 atom stereocenters. The summed E-state index contributed by atoms with van der Waals surface area (Å²) >= 11 is 0.